The molecular formula is C46H87NO4. The Morgan fingerprint density at radius 3 is 1.29 bits per heavy atom. The highest BCUT2D eigenvalue weighted by molar-refractivity contribution is 5.76. The van der Waals surface area contributed by atoms with Crippen molar-refractivity contribution in [1.29, 1.82) is 0 Å². The zero-order valence-corrected chi connectivity index (χ0v) is 34.0. The molecule has 0 bridgehead atoms. The van der Waals surface area contributed by atoms with Gasteiger partial charge in [0.25, 0.3) is 0 Å². The first-order chi connectivity index (χ1) is 25.0. The third kappa shape index (κ3) is 38.1. The number of carbonyl (C=O) groups is 1. The van der Waals surface area contributed by atoms with E-state index in [-0.39, 0.29) is 18.9 Å². The largest absolute Gasteiger partial charge is 0.394 e. The molecule has 3 atom stereocenters. The van der Waals surface area contributed by atoms with Crippen LogP contribution in [0.2, 0.25) is 0 Å². The van der Waals surface area contributed by atoms with Gasteiger partial charge >= 0.3 is 0 Å². The van der Waals surface area contributed by atoms with Gasteiger partial charge in [0.15, 0.2) is 0 Å². The summed E-state index contributed by atoms with van der Waals surface area (Å²) in [4.78, 5) is 12.4. The topological polar surface area (TPSA) is 89.8 Å². The fourth-order valence-corrected chi connectivity index (χ4v) is 6.74. The van der Waals surface area contributed by atoms with Crippen molar-refractivity contribution in [3.8, 4) is 0 Å². The van der Waals surface area contributed by atoms with Crippen LogP contribution in [-0.2, 0) is 4.79 Å². The van der Waals surface area contributed by atoms with Gasteiger partial charge in [-0.1, -0.05) is 211 Å². The molecule has 0 aliphatic heterocycles. The van der Waals surface area contributed by atoms with Gasteiger partial charge in [0.05, 0.1) is 31.3 Å². The number of hydrogen-bond donors (Lipinski definition) is 4. The van der Waals surface area contributed by atoms with Gasteiger partial charge in [0.2, 0.25) is 5.91 Å². The van der Waals surface area contributed by atoms with Crippen LogP contribution in [0.4, 0.5) is 0 Å². The summed E-state index contributed by atoms with van der Waals surface area (Å²) in [5.41, 5.74) is 0. The number of rotatable bonds is 40. The fraction of sp³-hybridized carbons (Fsp3) is 0.848. The summed E-state index contributed by atoms with van der Waals surface area (Å²) in [6.07, 6.45) is 51.4. The molecule has 51 heavy (non-hydrogen) atoms. The van der Waals surface area contributed by atoms with Crippen molar-refractivity contribution in [1.82, 2.24) is 5.32 Å². The first kappa shape index (κ1) is 49.6. The highest BCUT2D eigenvalue weighted by Crippen LogP contribution is 2.15. The Kier molecular flexibility index (Phi) is 40.2. The van der Waals surface area contributed by atoms with Crippen molar-refractivity contribution in [3.05, 3.63) is 36.5 Å². The standard InChI is InChI=1S/C46H87NO4/c1-3-5-7-9-11-13-15-17-19-21-22-24-26-28-30-32-34-36-38-40-45(50)44(42-48)47-46(51)41-43(49)39-37-35-33-31-29-27-25-23-20-18-16-14-12-10-8-6-4-2/h12,14,16,18,38,40,43-45,48-50H,3-11,13,15,17,19-37,39,41-42H2,1-2H3,(H,47,51)/b14-12-,18-16-,40-38+. The maximum atomic E-state index is 12.4. The van der Waals surface area contributed by atoms with E-state index >= 15 is 0 Å². The molecule has 0 spiro atoms. The Morgan fingerprint density at radius 2 is 0.863 bits per heavy atom. The average molecular weight is 718 g/mol. The first-order valence-corrected chi connectivity index (χ1v) is 22.3. The monoisotopic (exact) mass is 718 g/mol. The van der Waals surface area contributed by atoms with Gasteiger partial charge in [-0.25, -0.2) is 0 Å². The minimum atomic E-state index is -0.930. The number of aliphatic hydroxyl groups excluding tert-OH is 3. The molecule has 0 aromatic carbocycles. The molecule has 300 valence electrons. The summed E-state index contributed by atoms with van der Waals surface area (Å²) in [7, 11) is 0. The van der Waals surface area contributed by atoms with Crippen molar-refractivity contribution in [2.75, 3.05) is 6.61 Å². The summed E-state index contributed by atoms with van der Waals surface area (Å²) in [5, 5.41) is 33.2. The van der Waals surface area contributed by atoms with E-state index in [0.29, 0.717) is 6.42 Å². The molecule has 4 N–H and O–H groups in total. The normalized spacial score (nSPS) is 13.9. The van der Waals surface area contributed by atoms with Crippen LogP contribution in [0.1, 0.15) is 226 Å². The quantitative estimate of drug-likeness (QED) is 0.0288. The highest BCUT2D eigenvalue weighted by Gasteiger charge is 2.20. The summed E-state index contributed by atoms with van der Waals surface area (Å²) in [5.74, 6) is -0.319. The summed E-state index contributed by atoms with van der Waals surface area (Å²) in [6.45, 7) is 4.19. The second-order valence-corrected chi connectivity index (χ2v) is 15.3. The molecule has 5 nitrogen and oxygen atoms in total. The predicted molar refractivity (Wildman–Crippen MR) is 222 cm³/mol. The Labute approximate surface area is 317 Å². The second kappa shape index (κ2) is 41.3. The van der Waals surface area contributed by atoms with Crippen LogP contribution in [-0.4, -0.2) is 46.1 Å². The Hall–Kier alpha value is -1.43. The molecule has 0 aromatic heterocycles. The first-order valence-electron chi connectivity index (χ1n) is 22.3. The van der Waals surface area contributed by atoms with E-state index in [1.165, 1.54) is 173 Å². The van der Waals surface area contributed by atoms with E-state index in [0.717, 1.165) is 25.7 Å². The number of nitrogens with one attached hydrogen (secondary N) is 1. The van der Waals surface area contributed by atoms with E-state index in [2.05, 4.69) is 43.5 Å². The number of carbonyl (C=O) groups excluding carboxylic acids is 1. The molecule has 1 amide bonds. The SMILES string of the molecule is CCCCC/C=C\C=C/CCCCCCCCCCC(O)CC(=O)NC(CO)C(O)/C=C/CCCCCCCCCCCCCCCCCCC. The van der Waals surface area contributed by atoms with Crippen LogP contribution in [0.5, 0.6) is 0 Å². The van der Waals surface area contributed by atoms with E-state index in [4.69, 9.17) is 0 Å². The van der Waals surface area contributed by atoms with E-state index in [1.54, 1.807) is 6.08 Å². The molecule has 5 heteroatoms. The maximum Gasteiger partial charge on any atom is 0.222 e. The molecule has 0 aromatic rings. The molecule has 3 unspecified atom stereocenters. The van der Waals surface area contributed by atoms with E-state index < -0.39 is 18.2 Å². The number of amides is 1. The van der Waals surface area contributed by atoms with Gasteiger partial charge in [0, 0.05) is 0 Å². The highest BCUT2D eigenvalue weighted by atomic mass is 16.3. The van der Waals surface area contributed by atoms with E-state index in [9.17, 15) is 20.1 Å². The minimum absolute atomic E-state index is 0.00921. The van der Waals surface area contributed by atoms with Gasteiger partial charge in [-0.15, -0.1) is 0 Å². The Balaban J connectivity index is 3.68. The molecule has 0 fully saturated rings. The molecule has 0 rings (SSSR count). The third-order valence-electron chi connectivity index (χ3n) is 10.2. The van der Waals surface area contributed by atoms with Crippen molar-refractivity contribution >= 4 is 5.91 Å². The van der Waals surface area contributed by atoms with Crippen LogP contribution >= 0.6 is 0 Å². The van der Waals surface area contributed by atoms with Crippen molar-refractivity contribution in [2.24, 2.45) is 0 Å². The summed E-state index contributed by atoms with van der Waals surface area (Å²) >= 11 is 0. The minimum Gasteiger partial charge on any atom is -0.394 e. The second-order valence-electron chi connectivity index (χ2n) is 15.3. The summed E-state index contributed by atoms with van der Waals surface area (Å²) in [6, 6.07) is -0.746. The molecule has 0 saturated carbocycles. The lowest BCUT2D eigenvalue weighted by atomic mass is 10.0. The summed E-state index contributed by atoms with van der Waals surface area (Å²) < 4.78 is 0. The van der Waals surface area contributed by atoms with Gasteiger partial charge in [-0.2, -0.15) is 0 Å². The van der Waals surface area contributed by atoms with Crippen molar-refractivity contribution < 1.29 is 20.1 Å². The molecule has 0 aliphatic rings. The van der Waals surface area contributed by atoms with Crippen LogP contribution in [0.3, 0.4) is 0 Å². The zero-order chi connectivity index (χ0) is 37.3. The lowest BCUT2D eigenvalue weighted by Gasteiger charge is -2.21. The van der Waals surface area contributed by atoms with Gasteiger partial charge in [0.1, 0.15) is 0 Å². The average Bonchev–Trinajstić information content (AvgIpc) is 3.12. The van der Waals surface area contributed by atoms with Crippen LogP contribution < -0.4 is 5.32 Å². The van der Waals surface area contributed by atoms with Crippen LogP contribution in [0, 0.1) is 0 Å². The van der Waals surface area contributed by atoms with Gasteiger partial charge in [-0.3, -0.25) is 4.79 Å². The lowest BCUT2D eigenvalue weighted by molar-refractivity contribution is -0.124. The fourth-order valence-electron chi connectivity index (χ4n) is 6.74. The number of unbranched alkanes of at least 4 members (excludes halogenated alkanes) is 28. The molecule has 0 saturated heterocycles. The molecule has 0 heterocycles. The molecule has 0 radical (unpaired) electrons. The van der Waals surface area contributed by atoms with Crippen molar-refractivity contribution in [3.63, 3.8) is 0 Å². The zero-order valence-electron chi connectivity index (χ0n) is 34.0. The molecular weight excluding hydrogens is 631 g/mol. The van der Waals surface area contributed by atoms with Crippen LogP contribution in [0.25, 0.3) is 0 Å². The van der Waals surface area contributed by atoms with Crippen LogP contribution in [0.15, 0.2) is 36.5 Å². The lowest BCUT2D eigenvalue weighted by Crippen LogP contribution is -2.45. The Bertz CT molecular complexity index is 794. The predicted octanol–water partition coefficient (Wildman–Crippen LogP) is 12.8. The maximum absolute atomic E-state index is 12.4. The number of hydrogen-bond acceptors (Lipinski definition) is 4. The third-order valence-corrected chi connectivity index (χ3v) is 10.2. The van der Waals surface area contributed by atoms with E-state index in [1.807, 2.05) is 6.08 Å². The van der Waals surface area contributed by atoms with Gasteiger partial charge < -0.3 is 20.6 Å². The van der Waals surface area contributed by atoms with Gasteiger partial charge in [-0.05, 0) is 44.9 Å². The molecule has 0 aliphatic carbocycles. The smallest absolute Gasteiger partial charge is 0.222 e. The number of allylic oxidation sites excluding steroid dienone is 5. The van der Waals surface area contributed by atoms with Crippen molar-refractivity contribution in [2.45, 2.75) is 244 Å². The number of aliphatic hydroxyl groups is 3. The Morgan fingerprint density at radius 1 is 0.510 bits per heavy atom.